The number of carbonyl (C=O) groups excluding carboxylic acids is 1. The average molecular weight is 289 g/mol. The van der Waals surface area contributed by atoms with Gasteiger partial charge in [-0.25, -0.2) is 0 Å². The van der Waals surface area contributed by atoms with Crippen molar-refractivity contribution in [1.82, 2.24) is 0 Å². The third kappa shape index (κ3) is 2.89. The zero-order valence-corrected chi connectivity index (χ0v) is 13.2. The summed E-state index contributed by atoms with van der Waals surface area (Å²) in [6.45, 7) is 4.68. The van der Waals surface area contributed by atoms with Crippen LogP contribution in [0.3, 0.4) is 0 Å². The molecule has 1 aromatic carbocycles. The summed E-state index contributed by atoms with van der Waals surface area (Å²) in [6, 6.07) is 3.91. The number of unbranched alkanes of at least 4 members (excludes halogenated alkanes) is 1. The van der Waals surface area contributed by atoms with Gasteiger partial charge in [-0.05, 0) is 31.4 Å². The number of carbonyl (C=O) groups is 1. The summed E-state index contributed by atoms with van der Waals surface area (Å²) in [5.41, 5.74) is 2.72. The van der Waals surface area contributed by atoms with Crippen molar-refractivity contribution in [2.75, 3.05) is 25.7 Å². The van der Waals surface area contributed by atoms with Crippen molar-refractivity contribution in [2.24, 2.45) is 0 Å². The minimum atomic E-state index is 0.0498. The predicted molar refractivity (Wildman–Crippen MR) is 84.3 cm³/mol. The van der Waals surface area contributed by atoms with Gasteiger partial charge >= 0.3 is 0 Å². The third-order valence-corrected chi connectivity index (χ3v) is 3.82. The molecule has 1 aliphatic rings. The van der Waals surface area contributed by atoms with Crippen LogP contribution < -0.4 is 14.4 Å². The van der Waals surface area contributed by atoms with Gasteiger partial charge in [-0.15, -0.1) is 0 Å². The molecule has 0 saturated carbocycles. The van der Waals surface area contributed by atoms with E-state index >= 15 is 0 Å². The Morgan fingerprint density at radius 1 is 1.24 bits per heavy atom. The number of allylic oxidation sites excluding steroid dienone is 1. The van der Waals surface area contributed by atoms with Gasteiger partial charge in [-0.3, -0.25) is 4.79 Å². The van der Waals surface area contributed by atoms with E-state index in [2.05, 4.69) is 6.92 Å². The van der Waals surface area contributed by atoms with Gasteiger partial charge in [0.2, 0.25) is 0 Å². The fourth-order valence-corrected chi connectivity index (χ4v) is 2.61. The molecule has 1 aliphatic heterocycles. The molecule has 1 aromatic rings. The van der Waals surface area contributed by atoms with Crippen molar-refractivity contribution >= 4 is 11.6 Å². The van der Waals surface area contributed by atoms with Gasteiger partial charge in [0.15, 0.2) is 11.5 Å². The van der Waals surface area contributed by atoms with Crippen LogP contribution in [0.4, 0.5) is 5.69 Å². The summed E-state index contributed by atoms with van der Waals surface area (Å²) in [5.74, 6) is 1.35. The number of rotatable bonds is 5. The molecule has 0 N–H and O–H groups in total. The van der Waals surface area contributed by atoms with Crippen molar-refractivity contribution in [3.05, 3.63) is 29.3 Å². The van der Waals surface area contributed by atoms with Crippen molar-refractivity contribution in [3.63, 3.8) is 0 Å². The van der Waals surface area contributed by atoms with Crippen molar-refractivity contribution in [3.8, 4) is 11.5 Å². The molecule has 0 spiro atoms. The standard InChI is InChI=1S/C17H23NO3/c1-5-6-11-18-15-13(8-7-12(2)17(18)19)9-10-14(20-3)16(15)21-4/h7,9-10H,5-6,8,11H2,1-4H3. The Kier molecular flexibility index (Phi) is 4.89. The van der Waals surface area contributed by atoms with Crippen LogP contribution in [-0.2, 0) is 11.2 Å². The van der Waals surface area contributed by atoms with Gasteiger partial charge in [0, 0.05) is 12.1 Å². The van der Waals surface area contributed by atoms with E-state index in [0.29, 0.717) is 18.0 Å². The molecular weight excluding hydrogens is 266 g/mol. The van der Waals surface area contributed by atoms with E-state index in [4.69, 9.17) is 9.47 Å². The zero-order valence-electron chi connectivity index (χ0n) is 13.2. The molecule has 0 aliphatic carbocycles. The van der Waals surface area contributed by atoms with Crippen LogP contribution in [0.25, 0.3) is 0 Å². The van der Waals surface area contributed by atoms with Gasteiger partial charge in [0.25, 0.3) is 5.91 Å². The molecular formula is C17H23NO3. The highest BCUT2D eigenvalue weighted by Gasteiger charge is 2.27. The Balaban J connectivity index is 2.58. The monoisotopic (exact) mass is 289 g/mol. The first-order valence-corrected chi connectivity index (χ1v) is 7.36. The first kappa shape index (κ1) is 15.4. The second-order valence-electron chi connectivity index (χ2n) is 5.21. The maximum Gasteiger partial charge on any atom is 0.253 e. The van der Waals surface area contributed by atoms with Crippen LogP contribution in [0.5, 0.6) is 11.5 Å². The quantitative estimate of drug-likeness (QED) is 0.834. The van der Waals surface area contributed by atoms with Crippen LogP contribution in [0.2, 0.25) is 0 Å². The number of fused-ring (bicyclic) bond motifs is 1. The van der Waals surface area contributed by atoms with Crippen molar-refractivity contribution in [1.29, 1.82) is 0 Å². The maximum absolute atomic E-state index is 12.6. The summed E-state index contributed by atoms with van der Waals surface area (Å²) in [4.78, 5) is 14.5. The first-order valence-electron chi connectivity index (χ1n) is 7.36. The number of amides is 1. The minimum absolute atomic E-state index is 0.0498. The van der Waals surface area contributed by atoms with Crippen LogP contribution in [0.1, 0.15) is 32.3 Å². The molecule has 1 amide bonds. The van der Waals surface area contributed by atoms with Crippen LogP contribution in [0.15, 0.2) is 23.8 Å². The van der Waals surface area contributed by atoms with Gasteiger partial charge < -0.3 is 14.4 Å². The molecule has 21 heavy (non-hydrogen) atoms. The SMILES string of the molecule is CCCCN1C(=O)C(C)=CCc2ccc(OC)c(OC)c21. The molecule has 0 saturated heterocycles. The fraction of sp³-hybridized carbons (Fsp3) is 0.471. The summed E-state index contributed by atoms with van der Waals surface area (Å²) < 4.78 is 10.9. The van der Waals surface area contributed by atoms with E-state index < -0.39 is 0 Å². The molecule has 0 unspecified atom stereocenters. The van der Waals surface area contributed by atoms with Crippen molar-refractivity contribution in [2.45, 2.75) is 33.1 Å². The fourth-order valence-electron chi connectivity index (χ4n) is 2.61. The van der Waals surface area contributed by atoms with E-state index in [-0.39, 0.29) is 5.91 Å². The topological polar surface area (TPSA) is 38.8 Å². The van der Waals surface area contributed by atoms with Crippen LogP contribution in [-0.4, -0.2) is 26.7 Å². The van der Waals surface area contributed by atoms with E-state index in [1.54, 1.807) is 14.2 Å². The Morgan fingerprint density at radius 2 is 2.00 bits per heavy atom. The van der Waals surface area contributed by atoms with Crippen LogP contribution in [0, 0.1) is 0 Å². The van der Waals surface area contributed by atoms with Gasteiger partial charge in [0.05, 0.1) is 19.9 Å². The second-order valence-corrected chi connectivity index (χ2v) is 5.21. The molecule has 0 bridgehead atoms. The number of anilines is 1. The lowest BCUT2D eigenvalue weighted by Gasteiger charge is -2.26. The van der Waals surface area contributed by atoms with E-state index in [0.717, 1.165) is 36.1 Å². The smallest absolute Gasteiger partial charge is 0.253 e. The normalized spacial score (nSPS) is 14.4. The molecule has 0 atom stereocenters. The maximum atomic E-state index is 12.6. The molecule has 0 aromatic heterocycles. The van der Waals surface area contributed by atoms with Crippen molar-refractivity contribution < 1.29 is 14.3 Å². The number of benzene rings is 1. The number of nitrogens with zero attached hydrogens (tertiary/aromatic N) is 1. The number of ether oxygens (including phenoxy) is 2. The highest BCUT2D eigenvalue weighted by atomic mass is 16.5. The third-order valence-electron chi connectivity index (χ3n) is 3.82. The summed E-state index contributed by atoms with van der Waals surface area (Å²) in [7, 11) is 3.23. The van der Waals surface area contributed by atoms with E-state index in [1.807, 2.05) is 30.0 Å². The Hall–Kier alpha value is -1.97. The average Bonchev–Trinajstić information content (AvgIpc) is 2.62. The Labute approximate surface area is 126 Å². The molecule has 4 heteroatoms. The predicted octanol–water partition coefficient (Wildman–Crippen LogP) is 3.34. The molecule has 2 rings (SSSR count). The summed E-state index contributed by atoms with van der Waals surface area (Å²) in [5, 5.41) is 0. The lowest BCUT2D eigenvalue weighted by Crippen LogP contribution is -2.32. The number of hydrogen-bond acceptors (Lipinski definition) is 3. The minimum Gasteiger partial charge on any atom is -0.493 e. The highest BCUT2D eigenvalue weighted by Crippen LogP contribution is 2.42. The summed E-state index contributed by atoms with van der Waals surface area (Å²) in [6.07, 6.45) is 4.71. The molecule has 1 heterocycles. The van der Waals surface area contributed by atoms with Gasteiger partial charge in [0.1, 0.15) is 0 Å². The van der Waals surface area contributed by atoms with E-state index in [9.17, 15) is 4.79 Å². The lowest BCUT2D eigenvalue weighted by molar-refractivity contribution is -0.115. The van der Waals surface area contributed by atoms with Gasteiger partial charge in [-0.2, -0.15) is 0 Å². The lowest BCUT2D eigenvalue weighted by atomic mass is 10.1. The Bertz CT molecular complexity index is 563. The zero-order chi connectivity index (χ0) is 15.4. The number of hydrogen-bond donors (Lipinski definition) is 0. The Morgan fingerprint density at radius 3 is 2.62 bits per heavy atom. The highest BCUT2D eigenvalue weighted by molar-refractivity contribution is 6.07. The molecule has 4 nitrogen and oxygen atoms in total. The first-order chi connectivity index (χ1) is 10.1. The second kappa shape index (κ2) is 6.66. The molecule has 0 fully saturated rings. The van der Waals surface area contributed by atoms with Gasteiger partial charge in [-0.1, -0.05) is 25.5 Å². The molecule has 0 radical (unpaired) electrons. The number of methoxy groups -OCH3 is 2. The summed E-state index contributed by atoms with van der Waals surface area (Å²) >= 11 is 0. The van der Waals surface area contributed by atoms with Crippen LogP contribution >= 0.6 is 0 Å². The van der Waals surface area contributed by atoms with E-state index in [1.165, 1.54) is 0 Å². The largest absolute Gasteiger partial charge is 0.493 e. The molecule has 114 valence electrons.